The second kappa shape index (κ2) is 6.15. The van der Waals surface area contributed by atoms with Crippen LogP contribution in [0.2, 0.25) is 0 Å². The molecule has 0 unspecified atom stereocenters. The molecule has 0 aliphatic carbocycles. The number of carbonyl (C=O) groups excluding carboxylic acids is 1. The lowest BCUT2D eigenvalue weighted by atomic mass is 10.00. The van der Waals surface area contributed by atoms with E-state index in [1.165, 1.54) is 14.0 Å². The number of amides is 1. The Morgan fingerprint density at radius 2 is 2.28 bits per heavy atom. The summed E-state index contributed by atoms with van der Waals surface area (Å²) in [5.74, 6) is -0.0562. The van der Waals surface area contributed by atoms with Gasteiger partial charge in [-0.15, -0.1) is 0 Å². The van der Waals surface area contributed by atoms with E-state index < -0.39 is 11.5 Å². The van der Waals surface area contributed by atoms with E-state index in [0.29, 0.717) is 22.6 Å². The normalized spacial score (nSPS) is 13.8. The summed E-state index contributed by atoms with van der Waals surface area (Å²) in [6.07, 6.45) is 1.13. The van der Waals surface area contributed by atoms with E-state index in [-0.39, 0.29) is 0 Å². The number of ether oxygens (including phenoxy) is 1. The fraction of sp³-hybridized carbons (Fsp3) is 0.500. The number of nitrogens with one attached hydrogen (secondary N) is 1. The van der Waals surface area contributed by atoms with Crippen LogP contribution < -0.4 is 10.1 Å². The van der Waals surface area contributed by atoms with Gasteiger partial charge in [-0.3, -0.25) is 4.79 Å². The van der Waals surface area contributed by atoms with Gasteiger partial charge in [-0.25, -0.2) is 4.98 Å². The van der Waals surface area contributed by atoms with Gasteiger partial charge in [-0.2, -0.15) is 0 Å². The Balaban J connectivity index is 2.84. The zero-order valence-electron chi connectivity index (χ0n) is 10.7. The van der Waals surface area contributed by atoms with E-state index in [1.54, 1.807) is 12.1 Å². The highest BCUT2D eigenvalue weighted by Gasteiger charge is 2.29. The van der Waals surface area contributed by atoms with Crippen molar-refractivity contribution in [2.45, 2.75) is 32.3 Å². The fourth-order valence-electron chi connectivity index (χ4n) is 1.52. The van der Waals surface area contributed by atoms with Crippen molar-refractivity contribution in [1.29, 1.82) is 0 Å². The molecule has 0 spiro atoms. The molecule has 0 saturated carbocycles. The molecule has 1 heterocycles. The third-order valence-corrected chi connectivity index (χ3v) is 2.87. The summed E-state index contributed by atoms with van der Waals surface area (Å²) in [6, 6.07) is 3.23. The maximum absolute atomic E-state index is 11.9. The molecule has 0 fully saturated rings. The lowest BCUT2D eigenvalue weighted by Crippen LogP contribution is -2.39. The second-order valence-electron chi connectivity index (χ2n) is 4.20. The van der Waals surface area contributed by atoms with Crippen LogP contribution in [0.3, 0.4) is 0 Å². The van der Waals surface area contributed by atoms with Crippen molar-refractivity contribution < 1.29 is 14.6 Å². The van der Waals surface area contributed by atoms with Crippen LogP contribution in [-0.2, 0) is 4.79 Å². The van der Waals surface area contributed by atoms with Crippen LogP contribution in [-0.4, -0.2) is 28.7 Å². The highest BCUT2D eigenvalue weighted by molar-refractivity contribution is 9.10. The van der Waals surface area contributed by atoms with E-state index in [4.69, 9.17) is 4.74 Å². The fourth-order valence-corrected chi connectivity index (χ4v) is 1.94. The molecule has 2 N–H and O–H groups in total. The Morgan fingerprint density at radius 1 is 1.61 bits per heavy atom. The van der Waals surface area contributed by atoms with Crippen molar-refractivity contribution in [2.75, 3.05) is 12.4 Å². The summed E-state index contributed by atoms with van der Waals surface area (Å²) >= 11 is 3.22. The number of hydrogen-bond donors (Lipinski definition) is 2. The van der Waals surface area contributed by atoms with E-state index in [1.807, 2.05) is 6.92 Å². The summed E-state index contributed by atoms with van der Waals surface area (Å²) in [6.45, 7) is 3.41. The molecule has 1 aromatic rings. The number of nitrogens with zero attached hydrogens (tertiary/aromatic N) is 1. The van der Waals surface area contributed by atoms with Crippen LogP contribution >= 0.6 is 15.9 Å². The van der Waals surface area contributed by atoms with Crippen LogP contribution in [0, 0.1) is 0 Å². The SMILES string of the molecule is CCC[C@@](C)(O)C(=O)Nc1cc(Br)nc(OC)c1. The minimum atomic E-state index is -1.38. The van der Waals surface area contributed by atoms with Crippen molar-refractivity contribution in [2.24, 2.45) is 0 Å². The second-order valence-corrected chi connectivity index (χ2v) is 5.01. The first-order chi connectivity index (χ1) is 8.39. The zero-order valence-corrected chi connectivity index (χ0v) is 12.2. The first-order valence-electron chi connectivity index (χ1n) is 5.64. The number of aromatic nitrogens is 1. The summed E-state index contributed by atoms with van der Waals surface area (Å²) in [4.78, 5) is 15.9. The molecule has 6 heteroatoms. The van der Waals surface area contributed by atoms with Gasteiger partial charge >= 0.3 is 0 Å². The molecule has 5 nitrogen and oxygen atoms in total. The molecule has 1 atom stereocenters. The Morgan fingerprint density at radius 3 is 2.83 bits per heavy atom. The molecule has 1 aromatic heterocycles. The van der Waals surface area contributed by atoms with Gasteiger partial charge in [0.25, 0.3) is 5.91 Å². The van der Waals surface area contributed by atoms with Crippen molar-refractivity contribution >= 4 is 27.5 Å². The standard InChI is InChI=1S/C12H17BrN2O3/c1-4-5-12(2,17)11(16)14-8-6-9(13)15-10(7-8)18-3/h6-7,17H,4-5H2,1-3H3,(H,14,15,16)/t12-/m1/s1. The molecule has 0 aromatic carbocycles. The van der Waals surface area contributed by atoms with Crippen LogP contribution in [0.5, 0.6) is 5.88 Å². The van der Waals surface area contributed by atoms with Gasteiger partial charge in [-0.05, 0) is 35.3 Å². The smallest absolute Gasteiger partial charge is 0.256 e. The zero-order chi connectivity index (χ0) is 13.8. The predicted octanol–water partition coefficient (Wildman–Crippen LogP) is 2.34. The average Bonchev–Trinajstić information content (AvgIpc) is 2.27. The molecule has 0 bridgehead atoms. The molecular formula is C12H17BrN2O3. The quantitative estimate of drug-likeness (QED) is 0.818. The maximum atomic E-state index is 11.9. The number of methoxy groups -OCH3 is 1. The summed E-state index contributed by atoms with van der Waals surface area (Å²) in [7, 11) is 1.49. The van der Waals surface area contributed by atoms with E-state index in [0.717, 1.165) is 6.42 Å². The Bertz CT molecular complexity index is 435. The van der Waals surface area contributed by atoms with Crippen LogP contribution in [0.1, 0.15) is 26.7 Å². The number of anilines is 1. The number of carbonyl (C=O) groups is 1. The third kappa shape index (κ3) is 3.96. The van der Waals surface area contributed by atoms with Crippen molar-refractivity contribution in [3.05, 3.63) is 16.7 Å². The van der Waals surface area contributed by atoms with Gasteiger partial charge in [0.1, 0.15) is 10.2 Å². The topological polar surface area (TPSA) is 71.5 Å². The molecule has 0 radical (unpaired) electrons. The first kappa shape index (κ1) is 14.9. The highest BCUT2D eigenvalue weighted by atomic mass is 79.9. The summed E-state index contributed by atoms with van der Waals surface area (Å²) < 4.78 is 5.54. The number of pyridine rings is 1. The van der Waals surface area contributed by atoms with Gasteiger partial charge in [0.15, 0.2) is 0 Å². The third-order valence-electron chi connectivity index (χ3n) is 2.46. The van der Waals surface area contributed by atoms with Crippen LogP contribution in [0.4, 0.5) is 5.69 Å². The number of hydrogen-bond acceptors (Lipinski definition) is 4. The van der Waals surface area contributed by atoms with Gasteiger partial charge < -0.3 is 15.2 Å². The Kier molecular flexibility index (Phi) is 5.10. The molecule has 0 saturated heterocycles. The average molecular weight is 317 g/mol. The maximum Gasteiger partial charge on any atom is 0.256 e. The molecule has 1 amide bonds. The highest BCUT2D eigenvalue weighted by Crippen LogP contribution is 2.22. The molecule has 0 aliphatic heterocycles. The van der Waals surface area contributed by atoms with Crippen molar-refractivity contribution in [1.82, 2.24) is 4.98 Å². The monoisotopic (exact) mass is 316 g/mol. The Labute approximate surface area is 115 Å². The summed E-state index contributed by atoms with van der Waals surface area (Å²) in [5, 5.41) is 12.6. The lowest BCUT2D eigenvalue weighted by Gasteiger charge is -2.21. The van der Waals surface area contributed by atoms with Gasteiger partial charge in [0.2, 0.25) is 5.88 Å². The predicted molar refractivity (Wildman–Crippen MR) is 72.7 cm³/mol. The van der Waals surface area contributed by atoms with Gasteiger partial charge in [0.05, 0.1) is 7.11 Å². The molecular weight excluding hydrogens is 300 g/mol. The lowest BCUT2D eigenvalue weighted by molar-refractivity contribution is -0.133. The molecule has 100 valence electrons. The van der Waals surface area contributed by atoms with E-state index >= 15 is 0 Å². The van der Waals surface area contributed by atoms with Crippen LogP contribution in [0.25, 0.3) is 0 Å². The van der Waals surface area contributed by atoms with Crippen LogP contribution in [0.15, 0.2) is 16.7 Å². The molecule has 1 rings (SSSR count). The molecule has 18 heavy (non-hydrogen) atoms. The molecule has 0 aliphatic rings. The number of aliphatic hydroxyl groups is 1. The van der Waals surface area contributed by atoms with Gasteiger partial charge in [-0.1, -0.05) is 13.3 Å². The van der Waals surface area contributed by atoms with Crippen molar-refractivity contribution in [3.8, 4) is 5.88 Å². The largest absolute Gasteiger partial charge is 0.481 e. The first-order valence-corrected chi connectivity index (χ1v) is 6.43. The minimum absolute atomic E-state index is 0.384. The van der Waals surface area contributed by atoms with Crippen molar-refractivity contribution in [3.63, 3.8) is 0 Å². The number of rotatable bonds is 5. The minimum Gasteiger partial charge on any atom is -0.481 e. The van der Waals surface area contributed by atoms with E-state index in [9.17, 15) is 9.90 Å². The number of halogens is 1. The summed E-state index contributed by atoms with van der Waals surface area (Å²) in [5.41, 5.74) is -0.854. The van der Waals surface area contributed by atoms with Gasteiger partial charge in [0, 0.05) is 11.8 Å². The Hall–Kier alpha value is -1.14. The van der Waals surface area contributed by atoms with E-state index in [2.05, 4.69) is 26.2 Å².